The van der Waals surface area contributed by atoms with Crippen molar-refractivity contribution in [3.8, 4) is 0 Å². The summed E-state index contributed by atoms with van der Waals surface area (Å²) in [6, 6.07) is 7.47. The first-order valence-corrected chi connectivity index (χ1v) is 7.19. The molecule has 0 unspecified atom stereocenters. The summed E-state index contributed by atoms with van der Waals surface area (Å²) in [6.45, 7) is 4.88. The van der Waals surface area contributed by atoms with Crippen LogP contribution in [-0.2, 0) is 4.74 Å². The minimum absolute atomic E-state index is 0.0983. The Morgan fingerprint density at radius 3 is 2.95 bits per heavy atom. The molecule has 112 valence electrons. The van der Waals surface area contributed by atoms with Crippen molar-refractivity contribution in [1.82, 2.24) is 15.2 Å². The molecule has 4 N–H and O–H groups in total. The van der Waals surface area contributed by atoms with Crippen molar-refractivity contribution < 1.29 is 9.53 Å². The maximum atomic E-state index is 12.1. The average Bonchev–Trinajstić information content (AvgIpc) is 2.94. The number of anilines is 1. The molecule has 21 heavy (non-hydrogen) atoms. The predicted molar refractivity (Wildman–Crippen MR) is 82.3 cm³/mol. The number of morpholine rings is 1. The van der Waals surface area contributed by atoms with Crippen LogP contribution in [0.3, 0.4) is 0 Å². The van der Waals surface area contributed by atoms with Gasteiger partial charge in [0.1, 0.15) is 5.69 Å². The summed E-state index contributed by atoms with van der Waals surface area (Å²) in [5, 5.41) is 3.89. The molecule has 2 aromatic rings. The summed E-state index contributed by atoms with van der Waals surface area (Å²) in [4.78, 5) is 17.5. The van der Waals surface area contributed by atoms with E-state index in [-0.39, 0.29) is 5.91 Å². The number of H-pyrrole nitrogens is 1. The van der Waals surface area contributed by atoms with E-state index in [2.05, 4.69) is 15.2 Å². The van der Waals surface area contributed by atoms with Crippen molar-refractivity contribution in [2.75, 3.05) is 45.1 Å². The Morgan fingerprint density at radius 2 is 2.19 bits per heavy atom. The normalized spacial score (nSPS) is 16.2. The van der Waals surface area contributed by atoms with E-state index in [0.717, 1.165) is 43.8 Å². The quantitative estimate of drug-likeness (QED) is 0.727. The first-order valence-electron chi connectivity index (χ1n) is 7.19. The highest BCUT2D eigenvalue weighted by molar-refractivity contribution is 6.00. The number of amides is 1. The Hall–Kier alpha value is -2.05. The Morgan fingerprint density at radius 1 is 1.38 bits per heavy atom. The first-order chi connectivity index (χ1) is 10.2. The monoisotopic (exact) mass is 288 g/mol. The molecule has 0 saturated carbocycles. The zero-order valence-electron chi connectivity index (χ0n) is 11.9. The number of aromatic nitrogens is 1. The zero-order valence-corrected chi connectivity index (χ0v) is 11.9. The van der Waals surface area contributed by atoms with E-state index in [1.807, 2.05) is 24.3 Å². The number of ether oxygens (including phenoxy) is 1. The Labute approximate surface area is 123 Å². The fraction of sp³-hybridized carbons (Fsp3) is 0.400. The number of nitrogen functional groups attached to an aromatic ring is 1. The molecule has 0 radical (unpaired) electrons. The van der Waals surface area contributed by atoms with Gasteiger partial charge in [0.15, 0.2) is 0 Å². The van der Waals surface area contributed by atoms with Gasteiger partial charge in [-0.3, -0.25) is 9.69 Å². The van der Waals surface area contributed by atoms with Crippen LogP contribution < -0.4 is 11.1 Å². The second-order valence-corrected chi connectivity index (χ2v) is 5.20. The van der Waals surface area contributed by atoms with Crippen LogP contribution in [-0.4, -0.2) is 55.2 Å². The summed E-state index contributed by atoms with van der Waals surface area (Å²) in [5.41, 5.74) is 7.90. The third-order valence-electron chi connectivity index (χ3n) is 3.75. The second-order valence-electron chi connectivity index (χ2n) is 5.20. The number of rotatable bonds is 4. The molecule has 2 heterocycles. The smallest absolute Gasteiger partial charge is 0.267 e. The van der Waals surface area contributed by atoms with Gasteiger partial charge < -0.3 is 20.8 Å². The molecule has 1 amide bonds. The number of para-hydroxylation sites is 1. The summed E-state index contributed by atoms with van der Waals surface area (Å²) in [7, 11) is 0. The molecule has 1 aliphatic heterocycles. The van der Waals surface area contributed by atoms with Crippen molar-refractivity contribution in [3.63, 3.8) is 0 Å². The molecular weight excluding hydrogens is 268 g/mol. The van der Waals surface area contributed by atoms with Crippen LogP contribution in [0.5, 0.6) is 0 Å². The first kappa shape index (κ1) is 13.9. The molecule has 0 bridgehead atoms. The summed E-state index contributed by atoms with van der Waals surface area (Å²) < 4.78 is 5.30. The predicted octanol–water partition coefficient (Wildman–Crippen LogP) is 0.812. The van der Waals surface area contributed by atoms with E-state index in [4.69, 9.17) is 10.5 Å². The lowest BCUT2D eigenvalue weighted by atomic mass is 10.2. The molecule has 1 aliphatic rings. The second kappa shape index (κ2) is 6.15. The molecule has 0 atom stereocenters. The van der Waals surface area contributed by atoms with E-state index in [0.29, 0.717) is 17.9 Å². The molecule has 3 rings (SSSR count). The fourth-order valence-corrected chi connectivity index (χ4v) is 2.55. The van der Waals surface area contributed by atoms with Crippen molar-refractivity contribution in [2.24, 2.45) is 0 Å². The molecule has 0 spiro atoms. The van der Waals surface area contributed by atoms with Gasteiger partial charge in [-0.25, -0.2) is 0 Å². The highest BCUT2D eigenvalue weighted by Crippen LogP contribution is 2.20. The number of hydrogen-bond acceptors (Lipinski definition) is 4. The lowest BCUT2D eigenvalue weighted by Gasteiger charge is -2.26. The minimum atomic E-state index is -0.0983. The van der Waals surface area contributed by atoms with Crippen LogP contribution in [0.4, 0.5) is 5.69 Å². The lowest BCUT2D eigenvalue weighted by Crippen LogP contribution is -2.41. The third-order valence-corrected chi connectivity index (χ3v) is 3.75. The maximum absolute atomic E-state index is 12.1. The Kier molecular flexibility index (Phi) is 4.08. The number of nitrogens with two attached hydrogens (primary N) is 1. The van der Waals surface area contributed by atoms with Crippen molar-refractivity contribution >= 4 is 22.5 Å². The molecule has 6 nitrogen and oxygen atoms in total. The van der Waals surface area contributed by atoms with Crippen LogP contribution >= 0.6 is 0 Å². The Bertz CT molecular complexity index is 632. The van der Waals surface area contributed by atoms with Gasteiger partial charge in [-0.05, 0) is 12.1 Å². The number of benzene rings is 1. The van der Waals surface area contributed by atoms with Crippen molar-refractivity contribution in [3.05, 3.63) is 30.0 Å². The van der Waals surface area contributed by atoms with Gasteiger partial charge in [0, 0.05) is 31.6 Å². The summed E-state index contributed by atoms with van der Waals surface area (Å²) >= 11 is 0. The molecule has 1 saturated heterocycles. The summed E-state index contributed by atoms with van der Waals surface area (Å²) in [6.07, 6.45) is 0. The highest BCUT2D eigenvalue weighted by Gasteiger charge is 2.12. The molecule has 6 heteroatoms. The van der Waals surface area contributed by atoms with Gasteiger partial charge in [-0.15, -0.1) is 0 Å². The van der Waals surface area contributed by atoms with Gasteiger partial charge in [-0.2, -0.15) is 0 Å². The van der Waals surface area contributed by atoms with E-state index in [1.54, 1.807) is 0 Å². The van der Waals surface area contributed by atoms with Gasteiger partial charge in [0.2, 0.25) is 0 Å². The number of carbonyl (C=O) groups excluding carboxylic acids is 1. The SMILES string of the molecule is Nc1cccc2cc(C(=O)NCCN3CCOCC3)[nH]c12. The van der Waals surface area contributed by atoms with Crippen LogP contribution in [0.25, 0.3) is 10.9 Å². The zero-order chi connectivity index (χ0) is 14.7. The largest absolute Gasteiger partial charge is 0.397 e. The number of aromatic amines is 1. The minimum Gasteiger partial charge on any atom is -0.397 e. The van der Waals surface area contributed by atoms with Gasteiger partial charge in [-0.1, -0.05) is 12.1 Å². The third kappa shape index (κ3) is 3.17. The lowest BCUT2D eigenvalue weighted by molar-refractivity contribution is 0.0383. The molecule has 1 aromatic carbocycles. The Balaban J connectivity index is 1.57. The highest BCUT2D eigenvalue weighted by atomic mass is 16.5. The molecule has 0 aliphatic carbocycles. The number of nitrogens with one attached hydrogen (secondary N) is 2. The van der Waals surface area contributed by atoms with E-state index < -0.39 is 0 Å². The average molecular weight is 288 g/mol. The van der Waals surface area contributed by atoms with E-state index in [9.17, 15) is 4.79 Å². The van der Waals surface area contributed by atoms with Crippen molar-refractivity contribution in [2.45, 2.75) is 0 Å². The standard InChI is InChI=1S/C15H20N4O2/c16-12-3-1-2-11-10-13(18-14(11)12)15(20)17-4-5-19-6-8-21-9-7-19/h1-3,10,18H,4-9,16H2,(H,17,20). The number of nitrogens with zero attached hydrogens (tertiary/aromatic N) is 1. The van der Waals surface area contributed by atoms with Gasteiger partial charge >= 0.3 is 0 Å². The molecular formula is C15H20N4O2. The number of fused-ring (bicyclic) bond motifs is 1. The maximum Gasteiger partial charge on any atom is 0.267 e. The van der Waals surface area contributed by atoms with Gasteiger partial charge in [0.25, 0.3) is 5.91 Å². The fourth-order valence-electron chi connectivity index (χ4n) is 2.55. The van der Waals surface area contributed by atoms with Crippen molar-refractivity contribution in [1.29, 1.82) is 0 Å². The van der Waals surface area contributed by atoms with E-state index in [1.165, 1.54) is 0 Å². The summed E-state index contributed by atoms with van der Waals surface area (Å²) in [5.74, 6) is -0.0983. The topological polar surface area (TPSA) is 83.4 Å². The van der Waals surface area contributed by atoms with Crippen LogP contribution in [0.2, 0.25) is 0 Å². The molecule has 1 aromatic heterocycles. The van der Waals surface area contributed by atoms with E-state index >= 15 is 0 Å². The van der Waals surface area contributed by atoms with Gasteiger partial charge in [0.05, 0.1) is 24.4 Å². The van der Waals surface area contributed by atoms with Crippen LogP contribution in [0, 0.1) is 0 Å². The number of carbonyl (C=O) groups is 1. The molecule has 1 fully saturated rings. The van der Waals surface area contributed by atoms with Crippen LogP contribution in [0.1, 0.15) is 10.5 Å². The van der Waals surface area contributed by atoms with Crippen LogP contribution in [0.15, 0.2) is 24.3 Å². The number of hydrogen-bond donors (Lipinski definition) is 3.